The summed E-state index contributed by atoms with van der Waals surface area (Å²) < 4.78 is 2.45. The van der Waals surface area contributed by atoms with Crippen molar-refractivity contribution in [2.45, 2.75) is 0 Å². The zero-order valence-corrected chi connectivity index (χ0v) is 31.2. The maximum absolute atomic E-state index is 2.45. The molecule has 1 aromatic heterocycles. The van der Waals surface area contributed by atoms with Gasteiger partial charge in [-0.25, -0.2) is 0 Å². The van der Waals surface area contributed by atoms with E-state index in [1.165, 1.54) is 115 Å². The summed E-state index contributed by atoms with van der Waals surface area (Å²) in [6, 6.07) is 78.4. The van der Waals surface area contributed by atoms with Gasteiger partial charge in [0, 0.05) is 16.2 Å². The fourth-order valence-corrected chi connectivity index (χ4v) is 9.65. The number of rotatable bonds is 4. The lowest BCUT2D eigenvalue weighted by molar-refractivity contribution is 1.20. The Balaban J connectivity index is 1.17. The third-order valence-corrected chi connectivity index (χ3v) is 12.1. The van der Waals surface area contributed by atoms with Crippen LogP contribution in [0.15, 0.2) is 212 Å². The molecule has 0 atom stereocenters. The third kappa shape index (κ3) is 4.83. The lowest BCUT2D eigenvalue weighted by atomic mass is 9.83. The number of aromatic nitrogens is 1. The van der Waals surface area contributed by atoms with Gasteiger partial charge in [-0.1, -0.05) is 176 Å². The molecule has 57 heavy (non-hydrogen) atoms. The molecule has 264 valence electrons. The molecule has 0 aliphatic rings. The number of hydrogen-bond acceptors (Lipinski definition) is 0. The lowest BCUT2D eigenvalue weighted by Gasteiger charge is -2.21. The molecule has 11 aromatic carbocycles. The van der Waals surface area contributed by atoms with E-state index in [0.717, 1.165) is 0 Å². The summed E-state index contributed by atoms with van der Waals surface area (Å²) in [6.45, 7) is 0. The van der Waals surface area contributed by atoms with Gasteiger partial charge in [0.15, 0.2) is 0 Å². The minimum absolute atomic E-state index is 1.19. The molecule has 0 saturated heterocycles. The predicted molar refractivity (Wildman–Crippen MR) is 245 cm³/mol. The Morgan fingerprint density at radius 2 is 0.807 bits per heavy atom. The zero-order valence-electron chi connectivity index (χ0n) is 31.2. The van der Waals surface area contributed by atoms with Crippen molar-refractivity contribution in [1.29, 1.82) is 0 Å². The monoisotopic (exact) mass is 721 g/mol. The van der Waals surface area contributed by atoms with Gasteiger partial charge in [-0.15, -0.1) is 0 Å². The van der Waals surface area contributed by atoms with Crippen LogP contribution in [0.2, 0.25) is 0 Å². The summed E-state index contributed by atoms with van der Waals surface area (Å²) in [7, 11) is 0. The van der Waals surface area contributed by atoms with Crippen LogP contribution in [-0.2, 0) is 0 Å². The van der Waals surface area contributed by atoms with Crippen molar-refractivity contribution in [3.63, 3.8) is 0 Å². The van der Waals surface area contributed by atoms with Gasteiger partial charge in [0.2, 0.25) is 0 Å². The molecule has 0 unspecified atom stereocenters. The van der Waals surface area contributed by atoms with Crippen LogP contribution in [0.5, 0.6) is 0 Å². The summed E-state index contributed by atoms with van der Waals surface area (Å²) in [4.78, 5) is 0. The van der Waals surface area contributed by atoms with Crippen LogP contribution in [0.4, 0.5) is 0 Å². The van der Waals surface area contributed by atoms with Crippen molar-refractivity contribution in [1.82, 2.24) is 4.57 Å². The molecule has 0 bridgehead atoms. The molecule has 0 N–H and O–H groups in total. The summed E-state index contributed by atoms with van der Waals surface area (Å²) in [6.07, 6.45) is 0. The highest BCUT2D eigenvalue weighted by Gasteiger charge is 2.21. The van der Waals surface area contributed by atoms with E-state index in [2.05, 4.69) is 217 Å². The Kier molecular flexibility index (Phi) is 7.00. The van der Waals surface area contributed by atoms with E-state index in [-0.39, 0.29) is 0 Å². The van der Waals surface area contributed by atoms with E-state index in [1.54, 1.807) is 0 Å². The topological polar surface area (TPSA) is 4.93 Å². The van der Waals surface area contributed by atoms with E-state index in [4.69, 9.17) is 0 Å². The summed E-state index contributed by atoms with van der Waals surface area (Å²) in [5.74, 6) is 0. The second-order valence-corrected chi connectivity index (χ2v) is 15.2. The Hall–Kier alpha value is -7.48. The largest absolute Gasteiger partial charge is 0.309 e. The van der Waals surface area contributed by atoms with Gasteiger partial charge in [-0.2, -0.15) is 0 Å². The quantitative estimate of drug-likeness (QED) is 0.160. The van der Waals surface area contributed by atoms with Crippen LogP contribution in [0.1, 0.15) is 0 Å². The normalized spacial score (nSPS) is 11.9. The van der Waals surface area contributed by atoms with Crippen molar-refractivity contribution >= 4 is 75.7 Å². The first-order chi connectivity index (χ1) is 28.3. The first-order valence-corrected chi connectivity index (χ1v) is 19.8. The number of nitrogens with zero attached hydrogens (tertiary/aromatic N) is 1. The van der Waals surface area contributed by atoms with Gasteiger partial charge in [0.25, 0.3) is 0 Å². The van der Waals surface area contributed by atoms with Crippen molar-refractivity contribution in [3.8, 4) is 39.1 Å². The molecule has 1 heterocycles. The molecule has 0 radical (unpaired) electrons. The molecule has 0 saturated carbocycles. The highest BCUT2D eigenvalue weighted by atomic mass is 15.0. The van der Waals surface area contributed by atoms with Gasteiger partial charge < -0.3 is 4.57 Å². The van der Waals surface area contributed by atoms with Crippen LogP contribution < -0.4 is 0 Å². The Morgan fingerprint density at radius 1 is 0.246 bits per heavy atom. The smallest absolute Gasteiger partial charge is 0.0541 e. The minimum Gasteiger partial charge on any atom is -0.309 e. The van der Waals surface area contributed by atoms with E-state index in [0.29, 0.717) is 0 Å². The molecule has 1 nitrogen and oxygen atoms in total. The Labute approximate surface area is 330 Å². The molecule has 0 fully saturated rings. The van der Waals surface area contributed by atoms with Crippen molar-refractivity contribution in [2.75, 3.05) is 0 Å². The minimum atomic E-state index is 1.19. The molecule has 1 heteroatoms. The third-order valence-electron chi connectivity index (χ3n) is 12.1. The van der Waals surface area contributed by atoms with E-state index >= 15 is 0 Å². The van der Waals surface area contributed by atoms with Crippen molar-refractivity contribution in [2.24, 2.45) is 0 Å². The van der Waals surface area contributed by atoms with Crippen LogP contribution in [0.25, 0.3) is 115 Å². The second kappa shape index (κ2) is 12.5. The first-order valence-electron chi connectivity index (χ1n) is 19.8. The van der Waals surface area contributed by atoms with Gasteiger partial charge in [-0.3, -0.25) is 0 Å². The first kappa shape index (κ1) is 31.8. The summed E-state index contributed by atoms with van der Waals surface area (Å²) in [5.41, 5.74) is 11.1. The molecule has 0 amide bonds. The Morgan fingerprint density at radius 3 is 1.54 bits per heavy atom. The average Bonchev–Trinajstić information content (AvgIpc) is 3.61. The highest BCUT2D eigenvalue weighted by molar-refractivity contribution is 6.25. The van der Waals surface area contributed by atoms with E-state index in [1.807, 2.05) is 0 Å². The molecular formula is C56H35N. The zero-order chi connectivity index (χ0) is 37.5. The molecule has 0 aliphatic heterocycles. The maximum atomic E-state index is 2.45. The van der Waals surface area contributed by atoms with E-state index in [9.17, 15) is 0 Å². The number of benzene rings is 11. The fraction of sp³-hybridized carbons (Fsp3) is 0. The molecule has 0 spiro atoms. The summed E-state index contributed by atoms with van der Waals surface area (Å²) in [5, 5.41) is 15.0. The number of fused-ring (bicyclic) bond motifs is 8. The average molecular weight is 722 g/mol. The Bertz CT molecular complexity index is 3520. The lowest BCUT2D eigenvalue weighted by Crippen LogP contribution is -1.97. The van der Waals surface area contributed by atoms with Crippen molar-refractivity contribution in [3.05, 3.63) is 212 Å². The van der Waals surface area contributed by atoms with Gasteiger partial charge in [-0.05, 0) is 118 Å². The summed E-state index contributed by atoms with van der Waals surface area (Å²) >= 11 is 0. The standard InChI is InChI=1S/C56H35N/c1-2-15-36(16-3-1)55-46-24-8-9-25-47(46)56(49-30-29-40(35-51(49)55)41-26-14-19-39-33-37-17-4-5-18-38(37)34-50(39)41)48-31-32-54(43-21-7-6-20-42(43)48)57-52-27-12-10-22-44(52)45-23-11-13-28-53(45)57/h1-35H. The molecule has 0 aliphatic carbocycles. The predicted octanol–water partition coefficient (Wildman–Crippen LogP) is 15.6. The van der Waals surface area contributed by atoms with Gasteiger partial charge >= 0.3 is 0 Å². The van der Waals surface area contributed by atoms with Crippen LogP contribution in [-0.4, -0.2) is 4.57 Å². The van der Waals surface area contributed by atoms with Gasteiger partial charge in [0.05, 0.1) is 16.7 Å². The molecular weight excluding hydrogens is 687 g/mol. The molecule has 12 rings (SSSR count). The SMILES string of the molecule is c1ccc(-c2c3ccccc3c(-c3ccc(-n4c5ccccc5c5ccccc54)c4ccccc34)c3ccc(-c4cccc5cc6ccccc6cc45)cc23)cc1. The van der Waals surface area contributed by atoms with Crippen LogP contribution >= 0.6 is 0 Å². The van der Waals surface area contributed by atoms with Crippen LogP contribution in [0.3, 0.4) is 0 Å². The second-order valence-electron chi connectivity index (χ2n) is 15.2. The van der Waals surface area contributed by atoms with Crippen molar-refractivity contribution < 1.29 is 0 Å². The number of para-hydroxylation sites is 2. The van der Waals surface area contributed by atoms with Crippen LogP contribution in [0, 0.1) is 0 Å². The molecule has 12 aromatic rings. The number of hydrogen-bond donors (Lipinski definition) is 0. The fourth-order valence-electron chi connectivity index (χ4n) is 9.65. The highest BCUT2D eigenvalue weighted by Crippen LogP contribution is 2.48. The maximum Gasteiger partial charge on any atom is 0.0541 e. The van der Waals surface area contributed by atoms with Gasteiger partial charge in [0.1, 0.15) is 0 Å². The van der Waals surface area contributed by atoms with E-state index < -0.39 is 0 Å².